The highest BCUT2D eigenvalue weighted by atomic mass is 16.5. The monoisotopic (exact) mass is 303 g/mol. The summed E-state index contributed by atoms with van der Waals surface area (Å²) in [4.78, 5) is 24.3. The van der Waals surface area contributed by atoms with Crippen molar-refractivity contribution in [1.82, 2.24) is 14.7 Å². The SMILES string of the molecule is CN(Cc1ccc(OCC(=O)O)cc1)C(=O)c1ccnn1C. The molecule has 0 saturated carbocycles. The molecule has 0 radical (unpaired) electrons. The van der Waals surface area contributed by atoms with E-state index < -0.39 is 5.97 Å². The Morgan fingerprint density at radius 1 is 1.27 bits per heavy atom. The molecule has 7 heteroatoms. The number of carboxylic acids is 1. The molecule has 116 valence electrons. The smallest absolute Gasteiger partial charge is 0.341 e. The molecule has 0 aliphatic carbocycles. The highest BCUT2D eigenvalue weighted by Crippen LogP contribution is 2.14. The van der Waals surface area contributed by atoms with Gasteiger partial charge in [-0.3, -0.25) is 9.48 Å². The number of rotatable bonds is 6. The van der Waals surface area contributed by atoms with E-state index >= 15 is 0 Å². The number of carbonyl (C=O) groups is 2. The van der Waals surface area contributed by atoms with Gasteiger partial charge in [0.05, 0.1) is 0 Å². The molecular weight excluding hydrogens is 286 g/mol. The van der Waals surface area contributed by atoms with Crippen molar-refractivity contribution in [2.75, 3.05) is 13.7 Å². The molecule has 0 aliphatic heterocycles. The first-order valence-corrected chi connectivity index (χ1v) is 6.64. The number of amides is 1. The normalized spacial score (nSPS) is 10.3. The van der Waals surface area contributed by atoms with Crippen LogP contribution in [0, 0.1) is 0 Å². The number of carboxylic acid groups (broad SMARTS) is 1. The van der Waals surface area contributed by atoms with Crippen LogP contribution < -0.4 is 4.74 Å². The lowest BCUT2D eigenvalue weighted by Crippen LogP contribution is -2.28. The number of benzene rings is 1. The molecule has 1 aromatic heterocycles. The second-order valence-corrected chi connectivity index (χ2v) is 4.83. The minimum absolute atomic E-state index is 0.119. The van der Waals surface area contributed by atoms with Crippen LogP contribution in [0.25, 0.3) is 0 Å². The number of aromatic nitrogens is 2. The number of hydrogen-bond acceptors (Lipinski definition) is 4. The molecule has 0 unspecified atom stereocenters. The number of aryl methyl sites for hydroxylation is 1. The van der Waals surface area contributed by atoms with Gasteiger partial charge in [0, 0.05) is 26.8 Å². The Labute approximate surface area is 127 Å². The van der Waals surface area contributed by atoms with Crippen molar-refractivity contribution in [2.45, 2.75) is 6.54 Å². The average molecular weight is 303 g/mol. The zero-order valence-electron chi connectivity index (χ0n) is 12.4. The van der Waals surface area contributed by atoms with E-state index in [1.807, 2.05) is 0 Å². The fourth-order valence-corrected chi connectivity index (χ4v) is 1.96. The van der Waals surface area contributed by atoms with Crippen molar-refractivity contribution < 1.29 is 19.4 Å². The van der Waals surface area contributed by atoms with Crippen LogP contribution in [0.1, 0.15) is 16.1 Å². The maximum atomic E-state index is 12.3. The largest absolute Gasteiger partial charge is 0.482 e. The standard InChI is InChI=1S/C15H17N3O4/c1-17(15(21)13-7-8-16-18(13)2)9-11-3-5-12(6-4-11)22-10-14(19)20/h3-8H,9-10H2,1-2H3,(H,19,20). The zero-order valence-corrected chi connectivity index (χ0v) is 12.4. The van der Waals surface area contributed by atoms with Crippen LogP contribution in [0.3, 0.4) is 0 Å². The number of ether oxygens (including phenoxy) is 1. The molecule has 0 atom stereocenters. The van der Waals surface area contributed by atoms with E-state index in [1.54, 1.807) is 55.5 Å². The Balaban J connectivity index is 1.97. The molecule has 2 aromatic rings. The van der Waals surface area contributed by atoms with Gasteiger partial charge in [0.1, 0.15) is 11.4 Å². The summed E-state index contributed by atoms with van der Waals surface area (Å²) in [7, 11) is 3.43. The minimum Gasteiger partial charge on any atom is -0.482 e. The predicted octanol–water partition coefficient (Wildman–Crippen LogP) is 1.16. The maximum Gasteiger partial charge on any atom is 0.341 e. The first-order valence-electron chi connectivity index (χ1n) is 6.64. The summed E-state index contributed by atoms with van der Waals surface area (Å²) in [6, 6.07) is 8.62. The molecule has 0 fully saturated rings. The number of carbonyl (C=O) groups excluding carboxylic acids is 1. The topological polar surface area (TPSA) is 84.7 Å². The van der Waals surface area contributed by atoms with E-state index in [1.165, 1.54) is 4.68 Å². The summed E-state index contributed by atoms with van der Waals surface area (Å²) in [5.74, 6) is -0.663. The molecule has 1 heterocycles. The summed E-state index contributed by atoms with van der Waals surface area (Å²) in [5.41, 5.74) is 1.43. The Morgan fingerprint density at radius 2 is 1.95 bits per heavy atom. The third-order valence-electron chi connectivity index (χ3n) is 3.09. The first-order chi connectivity index (χ1) is 10.5. The van der Waals surface area contributed by atoms with Gasteiger partial charge in [-0.05, 0) is 23.8 Å². The van der Waals surface area contributed by atoms with Crippen molar-refractivity contribution in [2.24, 2.45) is 7.05 Å². The third-order valence-corrected chi connectivity index (χ3v) is 3.09. The number of aliphatic carboxylic acids is 1. The van der Waals surface area contributed by atoms with Crippen LogP contribution in [0.15, 0.2) is 36.5 Å². The van der Waals surface area contributed by atoms with Crippen molar-refractivity contribution in [3.8, 4) is 5.75 Å². The van der Waals surface area contributed by atoms with Crippen molar-refractivity contribution in [3.05, 3.63) is 47.8 Å². The van der Waals surface area contributed by atoms with Crippen molar-refractivity contribution in [3.63, 3.8) is 0 Å². The lowest BCUT2D eigenvalue weighted by atomic mass is 10.2. The molecule has 1 aromatic carbocycles. The van der Waals surface area contributed by atoms with Gasteiger partial charge in [0.25, 0.3) is 5.91 Å². The second kappa shape index (κ2) is 6.75. The van der Waals surface area contributed by atoms with Gasteiger partial charge in [-0.25, -0.2) is 4.79 Å². The van der Waals surface area contributed by atoms with Crippen LogP contribution in [0.5, 0.6) is 5.75 Å². The van der Waals surface area contributed by atoms with Crippen LogP contribution in [0.4, 0.5) is 0 Å². The van der Waals surface area contributed by atoms with E-state index in [2.05, 4.69) is 5.10 Å². The molecule has 22 heavy (non-hydrogen) atoms. The number of nitrogens with zero attached hydrogens (tertiary/aromatic N) is 3. The Bertz CT molecular complexity index is 664. The lowest BCUT2D eigenvalue weighted by molar-refractivity contribution is -0.139. The van der Waals surface area contributed by atoms with Crippen molar-refractivity contribution in [1.29, 1.82) is 0 Å². The van der Waals surface area contributed by atoms with Gasteiger partial charge in [0.15, 0.2) is 6.61 Å². The molecule has 0 aliphatic rings. The minimum atomic E-state index is -1.02. The Hall–Kier alpha value is -2.83. The summed E-state index contributed by atoms with van der Waals surface area (Å²) in [6.45, 7) is 0.0570. The fourth-order valence-electron chi connectivity index (χ4n) is 1.96. The third kappa shape index (κ3) is 3.85. The van der Waals surface area contributed by atoms with Gasteiger partial charge in [-0.2, -0.15) is 5.10 Å². The molecular formula is C15H17N3O4. The van der Waals surface area contributed by atoms with E-state index in [4.69, 9.17) is 9.84 Å². The average Bonchev–Trinajstić information content (AvgIpc) is 2.91. The Morgan fingerprint density at radius 3 is 2.50 bits per heavy atom. The lowest BCUT2D eigenvalue weighted by Gasteiger charge is -2.17. The van der Waals surface area contributed by atoms with Crippen LogP contribution >= 0.6 is 0 Å². The fraction of sp³-hybridized carbons (Fsp3) is 0.267. The summed E-state index contributed by atoms with van der Waals surface area (Å²) < 4.78 is 6.59. The predicted molar refractivity (Wildman–Crippen MR) is 78.6 cm³/mol. The molecule has 0 bridgehead atoms. The molecule has 7 nitrogen and oxygen atoms in total. The quantitative estimate of drug-likeness (QED) is 0.865. The van der Waals surface area contributed by atoms with E-state index in [0.717, 1.165) is 5.56 Å². The van der Waals surface area contributed by atoms with Gasteiger partial charge < -0.3 is 14.7 Å². The van der Waals surface area contributed by atoms with Crippen LogP contribution in [-0.2, 0) is 18.4 Å². The molecule has 0 spiro atoms. The van der Waals surface area contributed by atoms with Gasteiger partial charge in [-0.1, -0.05) is 12.1 Å². The van der Waals surface area contributed by atoms with Gasteiger partial charge in [-0.15, -0.1) is 0 Å². The molecule has 1 N–H and O–H groups in total. The maximum absolute atomic E-state index is 12.3. The molecule has 1 amide bonds. The summed E-state index contributed by atoms with van der Waals surface area (Å²) >= 11 is 0. The number of hydrogen-bond donors (Lipinski definition) is 1. The highest BCUT2D eigenvalue weighted by molar-refractivity contribution is 5.92. The molecule has 0 saturated heterocycles. The Kier molecular flexibility index (Phi) is 4.77. The van der Waals surface area contributed by atoms with Crippen molar-refractivity contribution >= 4 is 11.9 Å². The van der Waals surface area contributed by atoms with E-state index in [0.29, 0.717) is 18.0 Å². The van der Waals surface area contributed by atoms with E-state index in [9.17, 15) is 9.59 Å². The molecule has 2 rings (SSSR count). The zero-order chi connectivity index (χ0) is 16.1. The first kappa shape index (κ1) is 15.6. The highest BCUT2D eigenvalue weighted by Gasteiger charge is 2.15. The van der Waals surface area contributed by atoms with Gasteiger partial charge in [0.2, 0.25) is 0 Å². The van der Waals surface area contributed by atoms with Crippen LogP contribution in [0.2, 0.25) is 0 Å². The summed E-state index contributed by atoms with van der Waals surface area (Å²) in [6.07, 6.45) is 1.58. The van der Waals surface area contributed by atoms with Crippen LogP contribution in [-0.4, -0.2) is 45.3 Å². The van der Waals surface area contributed by atoms with Gasteiger partial charge >= 0.3 is 5.97 Å². The van der Waals surface area contributed by atoms with E-state index in [-0.39, 0.29) is 12.5 Å². The summed E-state index contributed by atoms with van der Waals surface area (Å²) in [5, 5.41) is 12.5. The second-order valence-electron chi connectivity index (χ2n) is 4.83.